The summed E-state index contributed by atoms with van der Waals surface area (Å²) >= 11 is 0. The van der Waals surface area contributed by atoms with Crippen molar-refractivity contribution in [2.45, 2.75) is 66.4 Å². The number of amides is 2. The molecule has 0 aliphatic carbocycles. The van der Waals surface area contributed by atoms with Gasteiger partial charge >= 0.3 is 6.09 Å². The molecule has 1 aliphatic heterocycles. The zero-order valence-corrected chi connectivity index (χ0v) is 17.6. The van der Waals surface area contributed by atoms with Gasteiger partial charge in [-0.05, 0) is 38.3 Å². The van der Waals surface area contributed by atoms with Gasteiger partial charge in [0.2, 0.25) is 5.91 Å². The van der Waals surface area contributed by atoms with Gasteiger partial charge in [-0.1, -0.05) is 39.4 Å². The van der Waals surface area contributed by atoms with E-state index in [0.29, 0.717) is 0 Å². The quantitative estimate of drug-likeness (QED) is 0.614. The Balaban J connectivity index is 3.17. The van der Waals surface area contributed by atoms with Crippen LogP contribution in [0.2, 0.25) is 19.6 Å². The number of carbonyl (C=O) groups excluding carboxylic acids is 2. The number of nitrogens with zero attached hydrogens (tertiary/aromatic N) is 1. The maximum Gasteiger partial charge on any atom is 0.417 e. The predicted molar refractivity (Wildman–Crippen MR) is 101 cm³/mol. The van der Waals surface area contributed by atoms with Gasteiger partial charge in [0, 0.05) is 0 Å². The number of ether oxygens (including phenoxy) is 1. The normalized spacial score (nSPS) is 22.4. The molecule has 6 heteroatoms. The van der Waals surface area contributed by atoms with E-state index in [1.165, 1.54) is 0 Å². The minimum atomic E-state index is -1.50. The van der Waals surface area contributed by atoms with E-state index in [9.17, 15) is 14.7 Å². The first-order valence-electron chi connectivity index (χ1n) is 8.67. The zero-order chi connectivity index (χ0) is 19.6. The Morgan fingerprint density at radius 2 is 1.92 bits per heavy atom. The molecule has 0 aromatic heterocycles. The second-order valence-corrected chi connectivity index (χ2v) is 13.3. The van der Waals surface area contributed by atoms with E-state index >= 15 is 0 Å². The fraction of sp³-hybridized carbons (Fsp3) is 0.684. The van der Waals surface area contributed by atoms with Crippen molar-refractivity contribution in [1.82, 2.24) is 4.90 Å². The molecule has 0 spiro atoms. The van der Waals surface area contributed by atoms with Gasteiger partial charge in [-0.3, -0.25) is 4.79 Å². The van der Waals surface area contributed by atoms with Crippen molar-refractivity contribution >= 4 is 20.1 Å². The van der Waals surface area contributed by atoms with E-state index in [0.717, 1.165) is 10.5 Å². The number of carbonyl (C=O) groups is 2. The van der Waals surface area contributed by atoms with Gasteiger partial charge in [0.25, 0.3) is 0 Å². The van der Waals surface area contributed by atoms with Crippen molar-refractivity contribution in [3.05, 3.63) is 11.6 Å². The van der Waals surface area contributed by atoms with Crippen molar-refractivity contribution in [1.29, 1.82) is 0 Å². The number of imide groups is 1. The van der Waals surface area contributed by atoms with Crippen molar-refractivity contribution in [3.8, 4) is 11.5 Å². The van der Waals surface area contributed by atoms with E-state index in [1.807, 2.05) is 20.8 Å². The molecule has 0 bridgehead atoms. The summed E-state index contributed by atoms with van der Waals surface area (Å²) in [6, 6.07) is -0.587. The Bertz CT molecular complexity index is 620. The third-order valence-electron chi connectivity index (χ3n) is 4.29. The van der Waals surface area contributed by atoms with Gasteiger partial charge in [0.15, 0.2) is 0 Å². The molecule has 5 nitrogen and oxygen atoms in total. The Morgan fingerprint density at radius 3 is 2.36 bits per heavy atom. The van der Waals surface area contributed by atoms with Crippen LogP contribution >= 0.6 is 0 Å². The maximum atomic E-state index is 13.0. The summed E-state index contributed by atoms with van der Waals surface area (Å²) in [5.74, 6) is 2.66. The molecule has 0 unspecified atom stereocenters. The Morgan fingerprint density at radius 1 is 1.36 bits per heavy atom. The van der Waals surface area contributed by atoms with Crippen LogP contribution in [-0.2, 0) is 9.53 Å². The van der Waals surface area contributed by atoms with Crippen molar-refractivity contribution in [2.75, 3.05) is 6.61 Å². The smallest absolute Gasteiger partial charge is 0.417 e. The predicted octanol–water partition coefficient (Wildman–Crippen LogP) is 3.20. The Hall–Kier alpha value is -1.58. The molecule has 140 valence electrons. The molecule has 0 radical (unpaired) electrons. The highest BCUT2D eigenvalue weighted by Gasteiger charge is 2.52. The second-order valence-electron chi connectivity index (χ2n) is 8.56. The summed E-state index contributed by atoms with van der Waals surface area (Å²) < 4.78 is 5.59. The van der Waals surface area contributed by atoms with E-state index in [1.54, 1.807) is 19.9 Å². The van der Waals surface area contributed by atoms with Crippen molar-refractivity contribution in [2.24, 2.45) is 11.3 Å². The molecule has 1 heterocycles. The van der Waals surface area contributed by atoms with Crippen LogP contribution in [0, 0.1) is 22.8 Å². The number of hydrogen-bond acceptors (Lipinski definition) is 4. The van der Waals surface area contributed by atoms with Crippen LogP contribution in [0.4, 0.5) is 4.79 Å². The molecule has 1 rings (SSSR count). The van der Waals surface area contributed by atoms with Crippen LogP contribution < -0.4 is 0 Å². The minimum absolute atomic E-state index is 0.0619. The van der Waals surface area contributed by atoms with E-state index in [2.05, 4.69) is 31.1 Å². The third kappa shape index (κ3) is 4.96. The number of rotatable bonds is 4. The maximum absolute atomic E-state index is 13.0. The molecule has 0 saturated carbocycles. The lowest BCUT2D eigenvalue weighted by Crippen LogP contribution is -2.61. The fourth-order valence-corrected chi connectivity index (χ4v) is 3.30. The van der Waals surface area contributed by atoms with Gasteiger partial charge in [-0.25, -0.2) is 9.69 Å². The van der Waals surface area contributed by atoms with Gasteiger partial charge in [0.05, 0.1) is 18.1 Å². The topological polar surface area (TPSA) is 66.8 Å². The lowest BCUT2D eigenvalue weighted by Gasteiger charge is -2.44. The largest absolute Gasteiger partial charge is 0.440 e. The number of aliphatic hydroxyl groups excluding tert-OH is 1. The summed E-state index contributed by atoms with van der Waals surface area (Å²) in [5, 5.41) is 9.59. The number of allylic oxidation sites excluding steroid dienone is 1. The van der Waals surface area contributed by atoms with Crippen LogP contribution in [0.1, 0.15) is 34.6 Å². The first-order chi connectivity index (χ1) is 11.3. The molecule has 1 aliphatic rings. The van der Waals surface area contributed by atoms with E-state index in [-0.39, 0.29) is 18.4 Å². The Kier molecular flexibility index (Phi) is 6.66. The Labute approximate surface area is 152 Å². The average Bonchev–Trinajstić information content (AvgIpc) is 2.45. The molecule has 0 aromatic carbocycles. The molecule has 2 atom stereocenters. The zero-order valence-electron chi connectivity index (χ0n) is 16.6. The lowest BCUT2D eigenvalue weighted by molar-refractivity contribution is -0.156. The fourth-order valence-electron chi connectivity index (χ4n) is 2.79. The molecule has 2 amide bonds. The molecule has 1 saturated heterocycles. The molecular formula is C19H31NO4Si. The summed E-state index contributed by atoms with van der Waals surface area (Å²) in [6.45, 7) is 15.2. The summed E-state index contributed by atoms with van der Waals surface area (Å²) in [4.78, 5) is 26.5. The minimum Gasteiger partial charge on any atom is -0.440 e. The highest BCUT2D eigenvalue weighted by molar-refractivity contribution is 6.83. The standard InChI is InChI=1S/C19H31NO4Si/c1-13(2)15(12-21)20-17(22)19(4,5)16(24-18(20)23)14(3)10-9-11-25(6,7)8/h10,13,15-16,21H,12H2,1-8H3/b14-10-/t15-,16-/m1/s1. The van der Waals surface area contributed by atoms with Crippen LogP contribution in [0.5, 0.6) is 0 Å². The third-order valence-corrected chi connectivity index (χ3v) is 5.18. The average molecular weight is 366 g/mol. The molecular weight excluding hydrogens is 334 g/mol. The summed E-state index contributed by atoms with van der Waals surface area (Å²) in [6.07, 6.45) is 0.381. The first kappa shape index (κ1) is 21.5. The molecule has 1 fully saturated rings. The second kappa shape index (κ2) is 7.75. The van der Waals surface area contributed by atoms with Gasteiger partial charge in [0.1, 0.15) is 14.2 Å². The van der Waals surface area contributed by atoms with Crippen LogP contribution in [0.25, 0.3) is 0 Å². The number of cyclic esters (lactones) is 1. The van der Waals surface area contributed by atoms with E-state index in [4.69, 9.17) is 4.74 Å². The highest BCUT2D eigenvalue weighted by atomic mass is 28.3. The van der Waals surface area contributed by atoms with Gasteiger partial charge in [-0.2, -0.15) is 0 Å². The lowest BCUT2D eigenvalue weighted by atomic mass is 9.79. The van der Waals surface area contributed by atoms with Crippen molar-refractivity contribution < 1.29 is 19.4 Å². The van der Waals surface area contributed by atoms with Gasteiger partial charge < -0.3 is 9.84 Å². The SMILES string of the molecule is C/C(=C/C#C[Si](C)(C)C)[C@H]1OC(=O)N([C@H](CO)C(C)C)C(=O)C1(C)C. The summed E-state index contributed by atoms with van der Waals surface area (Å²) in [7, 11) is -1.50. The molecule has 25 heavy (non-hydrogen) atoms. The number of hydrogen-bond donors (Lipinski definition) is 1. The molecule has 0 aromatic rings. The number of aliphatic hydroxyl groups is 1. The van der Waals surface area contributed by atoms with E-state index < -0.39 is 31.7 Å². The summed E-state index contributed by atoms with van der Waals surface area (Å²) in [5.41, 5.74) is 3.07. The highest BCUT2D eigenvalue weighted by Crippen LogP contribution is 2.37. The van der Waals surface area contributed by atoms with Crippen molar-refractivity contribution in [3.63, 3.8) is 0 Å². The van der Waals surface area contributed by atoms with Crippen LogP contribution in [0.3, 0.4) is 0 Å². The molecule has 1 N–H and O–H groups in total. The first-order valence-corrected chi connectivity index (χ1v) is 12.2. The van der Waals surface area contributed by atoms with Crippen LogP contribution in [-0.4, -0.2) is 48.8 Å². The monoisotopic (exact) mass is 365 g/mol. The van der Waals surface area contributed by atoms with Gasteiger partial charge in [-0.15, -0.1) is 5.54 Å². The van der Waals surface area contributed by atoms with Crippen LogP contribution in [0.15, 0.2) is 11.6 Å².